The Morgan fingerprint density at radius 3 is 3.07 bits per heavy atom. The number of nitrogens with zero attached hydrogens (tertiary/aromatic N) is 1. The van der Waals surface area contributed by atoms with E-state index >= 15 is 0 Å². The SMILES string of the molecule is C#CCNCCN(CC)Cc1cccs1. The van der Waals surface area contributed by atoms with Gasteiger partial charge in [0.15, 0.2) is 0 Å². The molecule has 0 aliphatic carbocycles. The third-order valence-electron chi connectivity index (χ3n) is 2.24. The lowest BCUT2D eigenvalue weighted by Crippen LogP contribution is -2.31. The predicted octanol–water partition coefficient (Wildman–Crippen LogP) is 1.79. The van der Waals surface area contributed by atoms with Gasteiger partial charge in [-0.05, 0) is 18.0 Å². The molecule has 0 saturated carbocycles. The first kappa shape index (κ1) is 12.3. The molecule has 0 aromatic carbocycles. The molecule has 1 aromatic rings. The van der Waals surface area contributed by atoms with E-state index in [0.717, 1.165) is 26.2 Å². The second-order valence-electron chi connectivity index (χ2n) is 3.33. The number of nitrogens with one attached hydrogen (secondary N) is 1. The van der Waals surface area contributed by atoms with Gasteiger partial charge >= 0.3 is 0 Å². The number of thiophene rings is 1. The quantitative estimate of drug-likeness (QED) is 0.559. The van der Waals surface area contributed by atoms with E-state index in [1.165, 1.54) is 4.88 Å². The van der Waals surface area contributed by atoms with Crippen LogP contribution in [-0.4, -0.2) is 31.1 Å². The van der Waals surface area contributed by atoms with Crippen LogP contribution in [0, 0.1) is 12.3 Å². The summed E-state index contributed by atoms with van der Waals surface area (Å²) in [5.74, 6) is 2.58. The average molecular weight is 222 g/mol. The summed E-state index contributed by atoms with van der Waals surface area (Å²) in [6.07, 6.45) is 5.16. The Morgan fingerprint density at radius 2 is 2.47 bits per heavy atom. The van der Waals surface area contributed by atoms with Gasteiger partial charge in [0.1, 0.15) is 0 Å². The van der Waals surface area contributed by atoms with Crippen molar-refractivity contribution in [2.24, 2.45) is 0 Å². The van der Waals surface area contributed by atoms with E-state index in [1.807, 2.05) is 11.3 Å². The summed E-state index contributed by atoms with van der Waals surface area (Å²) in [5.41, 5.74) is 0. The third kappa shape index (κ3) is 4.98. The summed E-state index contributed by atoms with van der Waals surface area (Å²) in [6, 6.07) is 4.28. The van der Waals surface area contributed by atoms with Crippen LogP contribution in [0.15, 0.2) is 17.5 Å². The molecule has 1 N–H and O–H groups in total. The topological polar surface area (TPSA) is 15.3 Å². The lowest BCUT2D eigenvalue weighted by atomic mass is 10.4. The van der Waals surface area contributed by atoms with Gasteiger partial charge in [-0.2, -0.15) is 0 Å². The van der Waals surface area contributed by atoms with Crippen LogP contribution >= 0.6 is 11.3 Å². The molecule has 0 aliphatic heterocycles. The number of hydrogen-bond acceptors (Lipinski definition) is 3. The number of likely N-dealkylation sites (N-methyl/N-ethyl adjacent to an activating group) is 1. The van der Waals surface area contributed by atoms with Gasteiger partial charge in [-0.25, -0.2) is 0 Å². The largest absolute Gasteiger partial charge is 0.305 e. The summed E-state index contributed by atoms with van der Waals surface area (Å²) in [5, 5.41) is 5.33. The van der Waals surface area contributed by atoms with E-state index in [1.54, 1.807) is 0 Å². The molecular weight excluding hydrogens is 204 g/mol. The summed E-state index contributed by atoms with van der Waals surface area (Å²) in [6.45, 7) is 6.99. The van der Waals surface area contributed by atoms with Crippen LogP contribution in [0.2, 0.25) is 0 Å². The highest BCUT2D eigenvalue weighted by Gasteiger charge is 2.03. The average Bonchev–Trinajstić information content (AvgIpc) is 2.75. The van der Waals surface area contributed by atoms with Gasteiger partial charge in [0, 0.05) is 24.5 Å². The third-order valence-corrected chi connectivity index (χ3v) is 3.10. The zero-order valence-corrected chi connectivity index (χ0v) is 10.0. The Hall–Kier alpha value is -0.820. The Kier molecular flexibility index (Phi) is 6.10. The number of rotatable bonds is 7. The smallest absolute Gasteiger partial charge is 0.0574 e. The Labute approximate surface area is 96.3 Å². The normalized spacial score (nSPS) is 10.5. The van der Waals surface area contributed by atoms with Gasteiger partial charge < -0.3 is 5.32 Å². The van der Waals surface area contributed by atoms with Crippen molar-refractivity contribution in [2.75, 3.05) is 26.2 Å². The molecule has 0 atom stereocenters. The standard InChI is InChI=1S/C12H18N2S/c1-3-7-13-8-9-14(4-2)11-12-6-5-10-15-12/h1,5-6,10,13H,4,7-9,11H2,2H3. The minimum absolute atomic E-state index is 0.663. The van der Waals surface area contributed by atoms with E-state index in [0.29, 0.717) is 6.54 Å². The maximum atomic E-state index is 5.16. The van der Waals surface area contributed by atoms with Crippen molar-refractivity contribution in [3.05, 3.63) is 22.4 Å². The molecule has 1 heterocycles. The van der Waals surface area contributed by atoms with Crippen molar-refractivity contribution >= 4 is 11.3 Å². The minimum atomic E-state index is 0.663. The maximum Gasteiger partial charge on any atom is 0.0574 e. The second kappa shape index (κ2) is 7.47. The molecular formula is C12H18N2S. The monoisotopic (exact) mass is 222 g/mol. The Bertz CT molecular complexity index is 287. The summed E-state index contributed by atoms with van der Waals surface area (Å²) in [4.78, 5) is 3.84. The van der Waals surface area contributed by atoms with Crippen LogP contribution in [0.5, 0.6) is 0 Å². The number of hydrogen-bond donors (Lipinski definition) is 1. The molecule has 1 rings (SSSR count). The molecule has 82 valence electrons. The molecule has 3 heteroatoms. The second-order valence-corrected chi connectivity index (χ2v) is 4.36. The summed E-state index contributed by atoms with van der Waals surface area (Å²) in [7, 11) is 0. The minimum Gasteiger partial charge on any atom is -0.305 e. The van der Waals surface area contributed by atoms with Gasteiger partial charge in [-0.15, -0.1) is 17.8 Å². The van der Waals surface area contributed by atoms with Crippen molar-refractivity contribution in [2.45, 2.75) is 13.5 Å². The zero-order valence-electron chi connectivity index (χ0n) is 9.20. The molecule has 0 bridgehead atoms. The molecule has 0 unspecified atom stereocenters. The van der Waals surface area contributed by atoms with E-state index < -0.39 is 0 Å². The fourth-order valence-corrected chi connectivity index (χ4v) is 2.12. The highest BCUT2D eigenvalue weighted by Crippen LogP contribution is 2.11. The fourth-order valence-electron chi connectivity index (χ4n) is 1.37. The molecule has 0 amide bonds. The van der Waals surface area contributed by atoms with Crippen LogP contribution < -0.4 is 5.32 Å². The van der Waals surface area contributed by atoms with E-state index in [-0.39, 0.29) is 0 Å². The first-order valence-electron chi connectivity index (χ1n) is 5.25. The molecule has 15 heavy (non-hydrogen) atoms. The van der Waals surface area contributed by atoms with Gasteiger partial charge in [0.05, 0.1) is 6.54 Å². The summed E-state index contributed by atoms with van der Waals surface area (Å²) < 4.78 is 0. The Morgan fingerprint density at radius 1 is 1.60 bits per heavy atom. The highest BCUT2D eigenvalue weighted by molar-refractivity contribution is 7.09. The van der Waals surface area contributed by atoms with Gasteiger partial charge in [0.2, 0.25) is 0 Å². The highest BCUT2D eigenvalue weighted by atomic mass is 32.1. The van der Waals surface area contributed by atoms with Crippen molar-refractivity contribution in [1.29, 1.82) is 0 Å². The molecule has 0 saturated heterocycles. The maximum absolute atomic E-state index is 5.16. The molecule has 1 aromatic heterocycles. The molecule has 0 fully saturated rings. The van der Waals surface area contributed by atoms with E-state index in [9.17, 15) is 0 Å². The first-order chi connectivity index (χ1) is 7.36. The molecule has 0 spiro atoms. The molecule has 2 nitrogen and oxygen atoms in total. The van der Waals surface area contributed by atoms with Crippen LogP contribution in [0.25, 0.3) is 0 Å². The van der Waals surface area contributed by atoms with Crippen LogP contribution in [-0.2, 0) is 6.54 Å². The van der Waals surface area contributed by atoms with Crippen molar-refractivity contribution in [3.8, 4) is 12.3 Å². The lowest BCUT2D eigenvalue weighted by molar-refractivity contribution is 0.283. The lowest BCUT2D eigenvalue weighted by Gasteiger charge is -2.19. The number of terminal acetylenes is 1. The van der Waals surface area contributed by atoms with Crippen molar-refractivity contribution in [3.63, 3.8) is 0 Å². The fraction of sp³-hybridized carbons (Fsp3) is 0.500. The van der Waals surface area contributed by atoms with Crippen molar-refractivity contribution in [1.82, 2.24) is 10.2 Å². The van der Waals surface area contributed by atoms with Crippen LogP contribution in [0.1, 0.15) is 11.8 Å². The van der Waals surface area contributed by atoms with Crippen LogP contribution in [0.4, 0.5) is 0 Å². The predicted molar refractivity (Wildman–Crippen MR) is 67.0 cm³/mol. The molecule has 0 aliphatic rings. The summed E-state index contributed by atoms with van der Waals surface area (Å²) >= 11 is 1.82. The van der Waals surface area contributed by atoms with Gasteiger partial charge in [-0.3, -0.25) is 4.90 Å². The molecule has 0 radical (unpaired) electrons. The van der Waals surface area contributed by atoms with Gasteiger partial charge in [-0.1, -0.05) is 18.9 Å². The zero-order chi connectivity index (χ0) is 10.9. The van der Waals surface area contributed by atoms with Crippen molar-refractivity contribution < 1.29 is 0 Å². The van der Waals surface area contributed by atoms with E-state index in [2.05, 4.69) is 40.6 Å². The first-order valence-corrected chi connectivity index (χ1v) is 6.13. The van der Waals surface area contributed by atoms with Crippen LogP contribution in [0.3, 0.4) is 0 Å². The van der Waals surface area contributed by atoms with Gasteiger partial charge in [0.25, 0.3) is 0 Å². The Balaban J connectivity index is 2.21. The van der Waals surface area contributed by atoms with E-state index in [4.69, 9.17) is 6.42 Å².